The molecular formula is C18H16F2N4S3. The minimum atomic E-state index is -2.93. The van der Waals surface area contributed by atoms with Crippen molar-refractivity contribution in [1.82, 2.24) is 19.7 Å². The Labute approximate surface area is 167 Å². The number of nitrogens with zero attached hydrogens (tertiary/aromatic N) is 4. The van der Waals surface area contributed by atoms with Crippen LogP contribution in [0.3, 0.4) is 0 Å². The third-order valence-electron chi connectivity index (χ3n) is 4.11. The van der Waals surface area contributed by atoms with Gasteiger partial charge in [-0.15, -0.1) is 32.9 Å². The maximum Gasteiger partial charge on any atom is 0.272 e. The summed E-state index contributed by atoms with van der Waals surface area (Å²) in [7, 11) is 1.93. The van der Waals surface area contributed by atoms with Gasteiger partial charge in [-0.05, 0) is 23.3 Å². The molecule has 27 heavy (non-hydrogen) atoms. The van der Waals surface area contributed by atoms with Gasteiger partial charge in [0.1, 0.15) is 0 Å². The van der Waals surface area contributed by atoms with Crippen LogP contribution in [-0.2, 0) is 13.0 Å². The fraction of sp³-hybridized carbons (Fsp3) is 0.278. The Kier molecular flexibility index (Phi) is 4.77. The molecule has 0 aliphatic heterocycles. The van der Waals surface area contributed by atoms with Crippen LogP contribution in [0.5, 0.6) is 0 Å². The lowest BCUT2D eigenvalue weighted by Gasteiger charge is -2.09. The number of thioether (sulfide) groups is 1. The predicted molar refractivity (Wildman–Crippen MR) is 109 cm³/mol. The minimum absolute atomic E-state index is 0.0827. The third kappa shape index (κ3) is 3.28. The fourth-order valence-electron chi connectivity index (χ4n) is 2.79. The van der Waals surface area contributed by atoms with E-state index in [1.54, 1.807) is 23.1 Å². The van der Waals surface area contributed by atoms with Crippen molar-refractivity contribution in [2.24, 2.45) is 7.05 Å². The van der Waals surface area contributed by atoms with E-state index in [9.17, 15) is 8.78 Å². The molecule has 4 heterocycles. The van der Waals surface area contributed by atoms with Crippen molar-refractivity contribution < 1.29 is 8.78 Å². The Balaban J connectivity index is 1.98. The zero-order chi connectivity index (χ0) is 19.2. The molecule has 0 aliphatic rings. The van der Waals surface area contributed by atoms with E-state index in [0.717, 1.165) is 49.2 Å². The van der Waals surface area contributed by atoms with Gasteiger partial charge in [0.15, 0.2) is 11.0 Å². The van der Waals surface area contributed by atoms with Crippen molar-refractivity contribution in [3.8, 4) is 21.1 Å². The zero-order valence-corrected chi connectivity index (χ0v) is 17.3. The third-order valence-corrected chi connectivity index (χ3v) is 7.03. The van der Waals surface area contributed by atoms with Gasteiger partial charge in [0, 0.05) is 36.2 Å². The smallest absolute Gasteiger partial charge is 0.272 e. The Morgan fingerprint density at radius 3 is 2.78 bits per heavy atom. The average molecular weight is 423 g/mol. The molecule has 0 fully saturated rings. The van der Waals surface area contributed by atoms with Gasteiger partial charge in [-0.2, -0.15) is 0 Å². The van der Waals surface area contributed by atoms with Crippen LogP contribution in [0.2, 0.25) is 0 Å². The topological polar surface area (TPSA) is 43.6 Å². The number of rotatable bonds is 5. The van der Waals surface area contributed by atoms with Crippen molar-refractivity contribution in [1.29, 1.82) is 0 Å². The molecule has 140 valence electrons. The lowest BCUT2D eigenvalue weighted by Crippen LogP contribution is -2.06. The first-order chi connectivity index (χ1) is 12.9. The van der Waals surface area contributed by atoms with Crippen molar-refractivity contribution in [2.75, 3.05) is 5.75 Å². The largest absolute Gasteiger partial charge is 0.304 e. The Hall–Kier alpha value is -1.84. The number of aromatic nitrogens is 4. The van der Waals surface area contributed by atoms with Crippen LogP contribution in [0.4, 0.5) is 8.78 Å². The minimum Gasteiger partial charge on any atom is -0.304 e. The van der Waals surface area contributed by atoms with Gasteiger partial charge in [-0.25, -0.2) is 8.78 Å². The van der Waals surface area contributed by atoms with Crippen molar-refractivity contribution in [3.63, 3.8) is 0 Å². The van der Waals surface area contributed by atoms with Crippen molar-refractivity contribution in [2.45, 2.75) is 24.9 Å². The summed E-state index contributed by atoms with van der Waals surface area (Å²) < 4.78 is 30.2. The van der Waals surface area contributed by atoms with Crippen molar-refractivity contribution in [3.05, 3.63) is 35.3 Å². The highest BCUT2D eigenvalue weighted by molar-refractivity contribution is 7.99. The average Bonchev–Trinajstić information content (AvgIpc) is 3.32. The van der Waals surface area contributed by atoms with E-state index >= 15 is 0 Å². The van der Waals surface area contributed by atoms with Crippen LogP contribution in [0.15, 0.2) is 34.9 Å². The number of fused-ring (bicyclic) bond motifs is 1. The van der Waals surface area contributed by atoms with Gasteiger partial charge in [-0.3, -0.25) is 4.98 Å². The van der Waals surface area contributed by atoms with E-state index < -0.39 is 5.92 Å². The molecule has 0 bridgehead atoms. The van der Waals surface area contributed by atoms with E-state index in [2.05, 4.69) is 22.1 Å². The lowest BCUT2D eigenvalue weighted by molar-refractivity contribution is 0.0173. The summed E-state index contributed by atoms with van der Waals surface area (Å²) in [6.07, 6.45) is 1.27. The van der Waals surface area contributed by atoms with Gasteiger partial charge < -0.3 is 4.57 Å². The maximum absolute atomic E-state index is 13.8. The summed E-state index contributed by atoms with van der Waals surface area (Å²) >= 11 is 4.64. The Morgan fingerprint density at radius 2 is 2.11 bits per heavy atom. The first kappa shape index (κ1) is 18.5. The predicted octanol–water partition coefficient (Wildman–Crippen LogP) is 6.04. The molecular weight excluding hydrogens is 406 g/mol. The highest BCUT2D eigenvalue weighted by atomic mass is 32.2. The number of pyridine rings is 1. The molecule has 0 radical (unpaired) electrons. The molecule has 0 atom stereocenters. The van der Waals surface area contributed by atoms with Gasteiger partial charge in [0.05, 0.1) is 15.1 Å². The Morgan fingerprint density at radius 1 is 1.30 bits per heavy atom. The van der Waals surface area contributed by atoms with E-state index in [1.165, 1.54) is 23.6 Å². The molecule has 0 spiro atoms. The number of alkyl halides is 2. The molecule has 0 unspecified atom stereocenters. The molecule has 4 nitrogen and oxygen atoms in total. The highest BCUT2D eigenvalue weighted by Gasteiger charge is 2.28. The van der Waals surface area contributed by atoms with E-state index in [0.29, 0.717) is 0 Å². The summed E-state index contributed by atoms with van der Waals surface area (Å²) in [4.78, 5) is 6.33. The normalized spacial score (nSPS) is 12.2. The molecule has 0 aliphatic carbocycles. The van der Waals surface area contributed by atoms with Crippen LogP contribution in [0.1, 0.15) is 19.4 Å². The zero-order valence-electron chi connectivity index (χ0n) is 14.9. The molecule has 0 aromatic carbocycles. The second-order valence-electron chi connectivity index (χ2n) is 6.04. The molecule has 0 N–H and O–H groups in total. The van der Waals surface area contributed by atoms with Gasteiger partial charge in [-0.1, -0.05) is 24.8 Å². The van der Waals surface area contributed by atoms with Gasteiger partial charge in [0.25, 0.3) is 5.92 Å². The summed E-state index contributed by atoms with van der Waals surface area (Å²) in [5.41, 5.74) is 1.57. The number of halogens is 2. The molecule has 4 aromatic heterocycles. The highest BCUT2D eigenvalue weighted by Crippen LogP contribution is 2.46. The van der Waals surface area contributed by atoms with E-state index in [4.69, 9.17) is 0 Å². The molecule has 9 heteroatoms. The summed E-state index contributed by atoms with van der Waals surface area (Å²) in [6, 6.07) is 5.51. The summed E-state index contributed by atoms with van der Waals surface area (Å²) in [5, 5.41) is 11.5. The van der Waals surface area contributed by atoms with Crippen LogP contribution in [-0.4, -0.2) is 25.5 Å². The number of hydrogen-bond acceptors (Lipinski definition) is 6. The Bertz CT molecular complexity index is 1090. The number of thiophene rings is 2. The summed E-state index contributed by atoms with van der Waals surface area (Å²) in [5.74, 6) is -1.31. The molecule has 0 saturated heterocycles. The van der Waals surface area contributed by atoms with Gasteiger partial charge >= 0.3 is 0 Å². The fourth-order valence-corrected chi connectivity index (χ4v) is 5.51. The van der Waals surface area contributed by atoms with Crippen LogP contribution in [0, 0.1) is 0 Å². The number of hydrogen-bond donors (Lipinski definition) is 0. The SMILES string of the molecule is CCSc1nnc(-c2sc3cc(C(C)(F)F)cnc3c2-c2cccs2)n1C. The molecule has 0 saturated carbocycles. The van der Waals surface area contributed by atoms with Crippen LogP contribution in [0.25, 0.3) is 31.4 Å². The van der Waals surface area contributed by atoms with Crippen LogP contribution < -0.4 is 0 Å². The molecule has 4 rings (SSSR count). The first-order valence-corrected chi connectivity index (χ1v) is 11.0. The van der Waals surface area contributed by atoms with E-state index in [1.807, 2.05) is 29.1 Å². The first-order valence-electron chi connectivity index (χ1n) is 8.27. The van der Waals surface area contributed by atoms with Crippen molar-refractivity contribution >= 4 is 44.7 Å². The second kappa shape index (κ2) is 6.96. The standard InChI is InChI=1S/C18H16F2N4S3/c1-4-25-17-23-22-16(24(17)3)15-13(11-6-5-7-26-11)14-12(27-15)8-10(9-21-14)18(2,19)20/h5-9H,4H2,1-3H3. The van der Waals surface area contributed by atoms with Crippen LogP contribution >= 0.6 is 34.4 Å². The summed E-state index contributed by atoms with van der Waals surface area (Å²) in [6.45, 7) is 2.95. The molecule has 0 amide bonds. The maximum atomic E-state index is 13.8. The second-order valence-corrected chi connectivity index (χ2v) is 9.27. The van der Waals surface area contributed by atoms with E-state index in [-0.39, 0.29) is 5.56 Å². The molecule has 4 aromatic rings. The lowest BCUT2D eigenvalue weighted by atomic mass is 10.1. The van der Waals surface area contributed by atoms with Gasteiger partial charge in [0.2, 0.25) is 0 Å². The quantitative estimate of drug-likeness (QED) is 0.368. The monoisotopic (exact) mass is 422 g/mol.